The molecule has 1 atom stereocenters. The third kappa shape index (κ3) is 2.01. The Morgan fingerprint density at radius 1 is 1.33 bits per heavy atom. The van der Waals surface area contributed by atoms with E-state index in [0.717, 1.165) is 5.92 Å². The maximum absolute atomic E-state index is 6.00. The maximum atomic E-state index is 6.00. The van der Waals surface area contributed by atoms with E-state index in [0.29, 0.717) is 5.92 Å². The SMILES string of the molecule is C#C[C@@](C)(N)[C@H]1CC[C@H](C)CC1. The maximum Gasteiger partial charge on any atom is 0.0773 e. The summed E-state index contributed by atoms with van der Waals surface area (Å²) >= 11 is 0. The molecule has 1 aliphatic carbocycles. The number of hydrogen-bond donors (Lipinski definition) is 1. The Morgan fingerprint density at radius 2 is 1.83 bits per heavy atom. The van der Waals surface area contributed by atoms with Crippen LogP contribution in [0.3, 0.4) is 0 Å². The first-order valence-electron chi connectivity index (χ1n) is 4.83. The molecule has 1 fully saturated rings. The first-order valence-corrected chi connectivity index (χ1v) is 4.83. The van der Waals surface area contributed by atoms with Crippen LogP contribution in [0.5, 0.6) is 0 Å². The van der Waals surface area contributed by atoms with Crippen LogP contribution in [0.25, 0.3) is 0 Å². The number of nitrogens with two attached hydrogens (primary N) is 1. The van der Waals surface area contributed by atoms with Gasteiger partial charge >= 0.3 is 0 Å². The van der Waals surface area contributed by atoms with Crippen molar-refractivity contribution in [3.63, 3.8) is 0 Å². The van der Waals surface area contributed by atoms with Gasteiger partial charge in [-0.3, -0.25) is 0 Å². The molecule has 0 bridgehead atoms. The van der Waals surface area contributed by atoms with Gasteiger partial charge in [0.15, 0.2) is 0 Å². The van der Waals surface area contributed by atoms with Gasteiger partial charge < -0.3 is 5.73 Å². The molecule has 1 rings (SSSR count). The molecule has 0 aromatic carbocycles. The highest BCUT2D eigenvalue weighted by Crippen LogP contribution is 2.33. The van der Waals surface area contributed by atoms with E-state index in [1.165, 1.54) is 25.7 Å². The van der Waals surface area contributed by atoms with Crippen molar-refractivity contribution in [2.75, 3.05) is 0 Å². The second kappa shape index (κ2) is 3.49. The molecule has 0 radical (unpaired) electrons. The highest BCUT2D eigenvalue weighted by molar-refractivity contribution is 5.11. The van der Waals surface area contributed by atoms with Crippen LogP contribution in [-0.2, 0) is 0 Å². The van der Waals surface area contributed by atoms with E-state index in [9.17, 15) is 0 Å². The van der Waals surface area contributed by atoms with Crippen LogP contribution < -0.4 is 5.73 Å². The van der Waals surface area contributed by atoms with Gasteiger partial charge in [-0.2, -0.15) is 0 Å². The first kappa shape index (κ1) is 9.61. The summed E-state index contributed by atoms with van der Waals surface area (Å²) in [6.45, 7) is 4.29. The van der Waals surface area contributed by atoms with E-state index in [-0.39, 0.29) is 5.54 Å². The Balaban J connectivity index is 2.51. The molecule has 0 heterocycles. The Labute approximate surface area is 75.7 Å². The molecule has 2 N–H and O–H groups in total. The Hall–Kier alpha value is -0.480. The highest BCUT2D eigenvalue weighted by Gasteiger charge is 2.30. The lowest BCUT2D eigenvalue weighted by molar-refractivity contribution is 0.230. The van der Waals surface area contributed by atoms with Gasteiger partial charge in [-0.1, -0.05) is 25.7 Å². The summed E-state index contributed by atoms with van der Waals surface area (Å²) in [5.41, 5.74) is 5.63. The van der Waals surface area contributed by atoms with Gasteiger partial charge in [-0.15, -0.1) is 6.42 Å². The normalized spacial score (nSPS) is 35.2. The van der Waals surface area contributed by atoms with E-state index in [4.69, 9.17) is 12.2 Å². The molecule has 0 saturated heterocycles. The zero-order valence-electron chi connectivity index (χ0n) is 8.14. The summed E-state index contributed by atoms with van der Waals surface area (Å²) in [4.78, 5) is 0. The monoisotopic (exact) mass is 165 g/mol. The summed E-state index contributed by atoms with van der Waals surface area (Å²) < 4.78 is 0. The molecule has 1 heteroatoms. The minimum atomic E-state index is -0.375. The van der Waals surface area contributed by atoms with Crippen molar-refractivity contribution in [2.45, 2.75) is 45.1 Å². The largest absolute Gasteiger partial charge is 0.315 e. The summed E-state index contributed by atoms with van der Waals surface area (Å²) in [5, 5.41) is 0. The molecule has 68 valence electrons. The van der Waals surface area contributed by atoms with Crippen LogP contribution in [-0.4, -0.2) is 5.54 Å². The van der Waals surface area contributed by atoms with Crippen LogP contribution in [0.2, 0.25) is 0 Å². The first-order chi connectivity index (χ1) is 5.56. The number of hydrogen-bond acceptors (Lipinski definition) is 1. The summed E-state index contributed by atoms with van der Waals surface area (Å²) in [7, 11) is 0. The van der Waals surface area contributed by atoms with E-state index in [1.54, 1.807) is 0 Å². The van der Waals surface area contributed by atoms with Gasteiger partial charge in [0.25, 0.3) is 0 Å². The zero-order valence-corrected chi connectivity index (χ0v) is 8.14. The standard InChI is InChI=1S/C11H19N/c1-4-11(3,12)10-7-5-9(2)6-8-10/h1,9-10H,5-8,12H2,2-3H3/t9-,10-,11-/m1/s1. The second-order valence-electron chi connectivity index (χ2n) is 4.38. The zero-order chi connectivity index (χ0) is 9.19. The van der Waals surface area contributed by atoms with Crippen LogP contribution in [0.15, 0.2) is 0 Å². The smallest absolute Gasteiger partial charge is 0.0773 e. The Morgan fingerprint density at radius 3 is 2.25 bits per heavy atom. The van der Waals surface area contributed by atoms with Crippen molar-refractivity contribution in [1.29, 1.82) is 0 Å². The average molecular weight is 165 g/mol. The van der Waals surface area contributed by atoms with Gasteiger partial charge in [0.2, 0.25) is 0 Å². The van der Waals surface area contributed by atoms with Crippen molar-refractivity contribution in [1.82, 2.24) is 0 Å². The summed E-state index contributed by atoms with van der Waals surface area (Å²) in [6, 6.07) is 0. The summed E-state index contributed by atoms with van der Waals surface area (Å²) in [6.07, 6.45) is 10.4. The number of rotatable bonds is 1. The van der Waals surface area contributed by atoms with Gasteiger partial charge in [0.1, 0.15) is 0 Å². The second-order valence-corrected chi connectivity index (χ2v) is 4.38. The highest BCUT2D eigenvalue weighted by atomic mass is 14.7. The average Bonchev–Trinajstić information content (AvgIpc) is 2.05. The lowest BCUT2D eigenvalue weighted by atomic mass is 9.74. The molecular formula is C11H19N. The third-order valence-corrected chi connectivity index (χ3v) is 3.17. The molecule has 0 aliphatic heterocycles. The Kier molecular flexibility index (Phi) is 2.80. The van der Waals surface area contributed by atoms with E-state index in [1.807, 2.05) is 6.92 Å². The molecule has 1 aliphatic rings. The molecule has 0 amide bonds. The molecule has 1 nitrogen and oxygen atoms in total. The Bertz CT molecular complexity index is 180. The predicted molar refractivity (Wildman–Crippen MR) is 52.5 cm³/mol. The molecule has 0 spiro atoms. The topological polar surface area (TPSA) is 26.0 Å². The van der Waals surface area contributed by atoms with Crippen LogP contribution in [0.1, 0.15) is 39.5 Å². The van der Waals surface area contributed by atoms with Gasteiger partial charge in [0, 0.05) is 0 Å². The summed E-state index contributed by atoms with van der Waals surface area (Å²) in [5.74, 6) is 4.11. The molecule has 0 unspecified atom stereocenters. The van der Waals surface area contributed by atoms with Crippen LogP contribution in [0.4, 0.5) is 0 Å². The molecule has 0 aromatic rings. The van der Waals surface area contributed by atoms with Gasteiger partial charge in [0.05, 0.1) is 5.54 Å². The van der Waals surface area contributed by atoms with Crippen LogP contribution >= 0.6 is 0 Å². The fourth-order valence-electron chi connectivity index (χ4n) is 1.98. The van der Waals surface area contributed by atoms with Gasteiger partial charge in [-0.25, -0.2) is 0 Å². The lowest BCUT2D eigenvalue weighted by Gasteiger charge is -2.34. The van der Waals surface area contributed by atoms with Gasteiger partial charge in [-0.05, 0) is 31.6 Å². The molecule has 12 heavy (non-hydrogen) atoms. The lowest BCUT2D eigenvalue weighted by Crippen LogP contribution is -2.44. The van der Waals surface area contributed by atoms with E-state index in [2.05, 4.69) is 12.8 Å². The molecule has 1 saturated carbocycles. The third-order valence-electron chi connectivity index (χ3n) is 3.17. The fraction of sp³-hybridized carbons (Fsp3) is 0.818. The van der Waals surface area contributed by atoms with Crippen molar-refractivity contribution < 1.29 is 0 Å². The van der Waals surface area contributed by atoms with E-state index < -0.39 is 0 Å². The van der Waals surface area contributed by atoms with E-state index >= 15 is 0 Å². The minimum Gasteiger partial charge on any atom is -0.315 e. The van der Waals surface area contributed by atoms with Crippen molar-refractivity contribution in [2.24, 2.45) is 17.6 Å². The fourth-order valence-corrected chi connectivity index (χ4v) is 1.98. The van der Waals surface area contributed by atoms with Crippen LogP contribution in [0, 0.1) is 24.2 Å². The minimum absolute atomic E-state index is 0.375. The number of terminal acetylenes is 1. The predicted octanol–water partition coefficient (Wildman–Crippen LogP) is 2.16. The quantitative estimate of drug-likeness (QED) is 0.592. The van der Waals surface area contributed by atoms with Crippen molar-refractivity contribution in [3.8, 4) is 12.3 Å². The van der Waals surface area contributed by atoms with Crippen molar-refractivity contribution >= 4 is 0 Å². The molecule has 0 aromatic heterocycles. The molecular weight excluding hydrogens is 146 g/mol. The van der Waals surface area contributed by atoms with Crippen molar-refractivity contribution in [3.05, 3.63) is 0 Å².